The summed E-state index contributed by atoms with van der Waals surface area (Å²) in [5, 5.41) is 3.26. The first-order valence-corrected chi connectivity index (χ1v) is 9.54. The lowest BCUT2D eigenvalue weighted by atomic mass is 10.0. The molecule has 0 aliphatic rings. The summed E-state index contributed by atoms with van der Waals surface area (Å²) < 4.78 is 5.55. The smallest absolute Gasteiger partial charge is 0.259 e. The Morgan fingerprint density at radius 3 is 2.36 bits per heavy atom. The summed E-state index contributed by atoms with van der Waals surface area (Å²) in [5.74, 6) is 0.932. The molecule has 0 saturated heterocycles. The molecule has 0 fully saturated rings. The van der Waals surface area contributed by atoms with Crippen LogP contribution >= 0.6 is 0 Å². The molecule has 2 rings (SSSR count). The molecule has 0 saturated carbocycles. The van der Waals surface area contributed by atoms with Crippen LogP contribution in [-0.2, 0) is 24.2 Å². The number of nitrogens with two attached hydrogens (primary N) is 1. The molecular weight excluding hydrogens is 352 g/mol. The number of rotatable bonds is 8. The van der Waals surface area contributed by atoms with Crippen molar-refractivity contribution in [2.45, 2.75) is 33.2 Å². The standard InChI is InChI=1S/C22H30N4O2/c1-5-17-10-8-11-18(6-2)21(17)25-22(23)24-14-16-9-7-12-19(13-16)28-15-20(27)26(3)4/h7-13H,5-6,14-15H2,1-4H3,(H3,23,24,25). The maximum absolute atomic E-state index is 11.6. The molecule has 0 heterocycles. The van der Waals surface area contributed by atoms with E-state index in [4.69, 9.17) is 10.5 Å². The molecule has 1 amide bonds. The molecule has 28 heavy (non-hydrogen) atoms. The lowest BCUT2D eigenvalue weighted by Crippen LogP contribution is -2.27. The van der Waals surface area contributed by atoms with E-state index in [1.165, 1.54) is 16.0 Å². The number of carbonyl (C=O) groups excluding carboxylic acids is 1. The lowest BCUT2D eigenvalue weighted by Gasteiger charge is -2.15. The van der Waals surface area contributed by atoms with E-state index in [-0.39, 0.29) is 12.5 Å². The molecule has 0 bridgehead atoms. The van der Waals surface area contributed by atoms with Crippen molar-refractivity contribution in [3.63, 3.8) is 0 Å². The van der Waals surface area contributed by atoms with Crippen molar-refractivity contribution in [1.82, 2.24) is 4.90 Å². The Labute approximate surface area is 167 Å². The fourth-order valence-electron chi connectivity index (χ4n) is 2.75. The highest BCUT2D eigenvalue weighted by molar-refractivity contribution is 5.93. The minimum atomic E-state index is -0.0850. The summed E-state index contributed by atoms with van der Waals surface area (Å²) in [6.45, 7) is 4.68. The molecule has 0 unspecified atom stereocenters. The molecule has 3 N–H and O–H groups in total. The van der Waals surface area contributed by atoms with E-state index in [9.17, 15) is 4.79 Å². The Morgan fingerprint density at radius 2 is 1.75 bits per heavy atom. The highest BCUT2D eigenvalue weighted by atomic mass is 16.5. The van der Waals surface area contributed by atoms with Gasteiger partial charge in [-0.2, -0.15) is 0 Å². The average Bonchev–Trinajstić information content (AvgIpc) is 2.70. The van der Waals surface area contributed by atoms with Crippen molar-refractivity contribution >= 4 is 17.6 Å². The summed E-state index contributed by atoms with van der Waals surface area (Å²) in [7, 11) is 3.40. The number of para-hydroxylation sites is 1. The molecule has 0 spiro atoms. The SMILES string of the molecule is CCc1cccc(CC)c1NC(N)=NCc1cccc(OCC(=O)N(C)C)c1. The number of hydrogen-bond acceptors (Lipinski definition) is 3. The second kappa shape index (κ2) is 10.3. The number of hydrogen-bond donors (Lipinski definition) is 2. The fourth-order valence-corrected chi connectivity index (χ4v) is 2.75. The van der Waals surface area contributed by atoms with Crippen molar-refractivity contribution in [2.24, 2.45) is 10.7 Å². The van der Waals surface area contributed by atoms with Crippen LogP contribution < -0.4 is 15.8 Å². The maximum atomic E-state index is 11.6. The van der Waals surface area contributed by atoms with Crippen LogP contribution in [0.1, 0.15) is 30.5 Å². The van der Waals surface area contributed by atoms with Crippen LogP contribution in [0.25, 0.3) is 0 Å². The molecule has 0 radical (unpaired) electrons. The van der Waals surface area contributed by atoms with E-state index in [0.29, 0.717) is 18.3 Å². The predicted octanol–water partition coefficient (Wildman–Crippen LogP) is 3.21. The summed E-state index contributed by atoms with van der Waals surface area (Å²) in [6, 6.07) is 13.8. The third-order valence-electron chi connectivity index (χ3n) is 4.44. The zero-order valence-corrected chi connectivity index (χ0v) is 17.2. The van der Waals surface area contributed by atoms with Gasteiger partial charge in [0.2, 0.25) is 0 Å². The first kappa shape index (κ1) is 21.3. The van der Waals surface area contributed by atoms with E-state index in [1.807, 2.05) is 24.3 Å². The van der Waals surface area contributed by atoms with Crippen molar-refractivity contribution in [2.75, 3.05) is 26.0 Å². The van der Waals surface area contributed by atoms with E-state index in [1.54, 1.807) is 14.1 Å². The fraction of sp³-hybridized carbons (Fsp3) is 0.364. The summed E-state index contributed by atoms with van der Waals surface area (Å²) >= 11 is 0. The van der Waals surface area contributed by atoms with Crippen LogP contribution in [0.4, 0.5) is 5.69 Å². The Hall–Kier alpha value is -3.02. The topological polar surface area (TPSA) is 80.0 Å². The summed E-state index contributed by atoms with van der Waals surface area (Å²) in [5.41, 5.74) is 10.6. The van der Waals surface area contributed by atoms with E-state index in [2.05, 4.69) is 42.4 Å². The van der Waals surface area contributed by atoms with Gasteiger partial charge in [0, 0.05) is 19.8 Å². The van der Waals surface area contributed by atoms with Crippen LogP contribution in [0.3, 0.4) is 0 Å². The monoisotopic (exact) mass is 382 g/mol. The zero-order valence-electron chi connectivity index (χ0n) is 17.2. The van der Waals surface area contributed by atoms with E-state index >= 15 is 0 Å². The van der Waals surface area contributed by atoms with Gasteiger partial charge in [-0.3, -0.25) is 4.79 Å². The van der Waals surface area contributed by atoms with Gasteiger partial charge in [0.15, 0.2) is 12.6 Å². The molecule has 6 nitrogen and oxygen atoms in total. The lowest BCUT2D eigenvalue weighted by molar-refractivity contribution is -0.130. The molecule has 6 heteroatoms. The summed E-state index contributed by atoms with van der Waals surface area (Å²) in [6.07, 6.45) is 1.85. The van der Waals surface area contributed by atoms with Crippen molar-refractivity contribution in [3.8, 4) is 5.75 Å². The Kier molecular flexibility index (Phi) is 7.87. The quantitative estimate of drug-likeness (QED) is 0.543. The number of amides is 1. The number of anilines is 1. The van der Waals surface area contributed by atoms with Gasteiger partial charge in [-0.15, -0.1) is 0 Å². The highest BCUT2D eigenvalue weighted by Crippen LogP contribution is 2.22. The highest BCUT2D eigenvalue weighted by Gasteiger charge is 2.08. The molecule has 2 aromatic rings. The second-order valence-corrected chi connectivity index (χ2v) is 6.71. The molecule has 0 atom stereocenters. The molecule has 2 aromatic carbocycles. The largest absolute Gasteiger partial charge is 0.484 e. The van der Waals surface area contributed by atoms with E-state index < -0.39 is 0 Å². The number of benzene rings is 2. The van der Waals surface area contributed by atoms with Gasteiger partial charge in [0.05, 0.1) is 6.54 Å². The Bertz CT molecular complexity index is 809. The average molecular weight is 383 g/mol. The van der Waals surface area contributed by atoms with Crippen LogP contribution in [0.15, 0.2) is 47.5 Å². The zero-order chi connectivity index (χ0) is 20.5. The number of carbonyl (C=O) groups is 1. The third kappa shape index (κ3) is 6.01. The molecule has 0 aromatic heterocycles. The maximum Gasteiger partial charge on any atom is 0.259 e. The van der Waals surface area contributed by atoms with Crippen molar-refractivity contribution in [1.29, 1.82) is 0 Å². The number of aliphatic imine (C=N–C) groups is 1. The minimum absolute atomic E-state index is 0.0109. The number of aryl methyl sites for hydroxylation is 2. The number of nitrogens with one attached hydrogen (secondary N) is 1. The number of nitrogens with zero attached hydrogens (tertiary/aromatic N) is 2. The van der Waals surface area contributed by atoms with Gasteiger partial charge < -0.3 is 20.7 Å². The first-order valence-electron chi connectivity index (χ1n) is 9.54. The molecule has 0 aliphatic heterocycles. The second-order valence-electron chi connectivity index (χ2n) is 6.71. The van der Waals surface area contributed by atoms with Gasteiger partial charge >= 0.3 is 0 Å². The van der Waals surface area contributed by atoms with Gasteiger partial charge in [-0.25, -0.2) is 4.99 Å². The van der Waals surface area contributed by atoms with Gasteiger partial charge in [-0.1, -0.05) is 44.2 Å². The first-order chi connectivity index (χ1) is 13.4. The number of likely N-dealkylation sites (N-methyl/N-ethyl adjacent to an activating group) is 1. The van der Waals surface area contributed by atoms with Gasteiger partial charge in [0.25, 0.3) is 5.91 Å². The van der Waals surface area contributed by atoms with Gasteiger partial charge in [-0.05, 0) is 41.7 Å². The normalized spacial score (nSPS) is 11.2. The Morgan fingerprint density at radius 1 is 1.11 bits per heavy atom. The van der Waals surface area contributed by atoms with E-state index in [0.717, 1.165) is 24.1 Å². The summed E-state index contributed by atoms with van der Waals surface area (Å²) in [4.78, 5) is 17.6. The van der Waals surface area contributed by atoms with Gasteiger partial charge in [0.1, 0.15) is 5.75 Å². The number of guanidine groups is 1. The molecule has 0 aliphatic carbocycles. The third-order valence-corrected chi connectivity index (χ3v) is 4.44. The number of ether oxygens (including phenoxy) is 1. The van der Waals surface area contributed by atoms with Crippen LogP contribution in [0, 0.1) is 0 Å². The molecule has 150 valence electrons. The minimum Gasteiger partial charge on any atom is -0.484 e. The van der Waals surface area contributed by atoms with Crippen LogP contribution in [-0.4, -0.2) is 37.5 Å². The van der Waals surface area contributed by atoms with Crippen LogP contribution in [0.2, 0.25) is 0 Å². The van der Waals surface area contributed by atoms with Crippen molar-refractivity contribution in [3.05, 3.63) is 59.2 Å². The van der Waals surface area contributed by atoms with Crippen LogP contribution in [0.5, 0.6) is 5.75 Å². The predicted molar refractivity (Wildman–Crippen MR) is 115 cm³/mol. The molecular formula is C22H30N4O2. The van der Waals surface area contributed by atoms with Crippen molar-refractivity contribution < 1.29 is 9.53 Å². The Balaban J connectivity index is 2.04.